The van der Waals surface area contributed by atoms with E-state index in [-0.39, 0.29) is 0 Å². The minimum atomic E-state index is -0.683. The van der Waals surface area contributed by atoms with Crippen LogP contribution >= 0.6 is 0 Å². The molecular formula is C24H35N5O. The van der Waals surface area contributed by atoms with Gasteiger partial charge in [0.05, 0.1) is 5.60 Å². The van der Waals surface area contributed by atoms with E-state index in [4.69, 9.17) is 9.97 Å². The molecule has 0 radical (unpaired) electrons. The molecule has 30 heavy (non-hydrogen) atoms. The minimum Gasteiger partial charge on any atom is -0.389 e. The number of hydrogen-bond donors (Lipinski definition) is 1. The topological polar surface area (TPSA) is 65.4 Å². The highest BCUT2D eigenvalue weighted by molar-refractivity contribution is 5.61. The van der Waals surface area contributed by atoms with E-state index >= 15 is 0 Å². The third-order valence-electron chi connectivity index (χ3n) is 6.45. The fraction of sp³-hybridized carbons (Fsp3) is 0.625. The number of aliphatic hydroxyl groups is 1. The minimum absolute atomic E-state index is 0.386. The lowest BCUT2D eigenvalue weighted by Gasteiger charge is -2.48. The first-order valence-corrected chi connectivity index (χ1v) is 11.4. The molecule has 1 aliphatic heterocycles. The summed E-state index contributed by atoms with van der Waals surface area (Å²) in [5.74, 6) is 1.92. The summed E-state index contributed by atoms with van der Waals surface area (Å²) in [5.41, 5.74) is 2.85. The Bertz CT molecular complexity index is 864. The van der Waals surface area contributed by atoms with Crippen molar-refractivity contribution in [3.8, 4) is 11.4 Å². The molecule has 2 aromatic rings. The highest BCUT2D eigenvalue weighted by atomic mass is 16.3. The monoisotopic (exact) mass is 409 g/mol. The van der Waals surface area contributed by atoms with Gasteiger partial charge in [0.15, 0.2) is 5.82 Å². The number of pyridine rings is 1. The van der Waals surface area contributed by atoms with Gasteiger partial charge in [-0.05, 0) is 58.1 Å². The first-order valence-electron chi connectivity index (χ1n) is 11.4. The molecule has 0 amide bonds. The molecule has 2 aliphatic rings. The number of nitrogens with zero attached hydrogens (tertiary/aromatic N) is 5. The summed E-state index contributed by atoms with van der Waals surface area (Å²) in [5, 5.41) is 10.4. The number of fused-ring (bicyclic) bond motifs is 1. The number of aryl methyl sites for hydroxylation is 1. The van der Waals surface area contributed by atoms with E-state index in [1.807, 2.05) is 32.2 Å². The van der Waals surface area contributed by atoms with Crippen LogP contribution in [0.5, 0.6) is 0 Å². The van der Waals surface area contributed by atoms with Crippen LogP contribution in [0.15, 0.2) is 24.5 Å². The summed E-state index contributed by atoms with van der Waals surface area (Å²) in [7, 11) is 0. The number of rotatable bonds is 6. The van der Waals surface area contributed by atoms with E-state index in [1.54, 1.807) is 6.20 Å². The lowest BCUT2D eigenvalue weighted by molar-refractivity contribution is 0.00990. The molecule has 1 saturated heterocycles. The number of aromatic nitrogens is 3. The predicted octanol–water partition coefficient (Wildman–Crippen LogP) is 3.48. The Balaban J connectivity index is 1.71. The molecule has 6 nitrogen and oxygen atoms in total. The third-order valence-corrected chi connectivity index (χ3v) is 6.45. The highest BCUT2D eigenvalue weighted by Gasteiger charge is 2.37. The summed E-state index contributed by atoms with van der Waals surface area (Å²) < 4.78 is 0. The Kier molecular flexibility index (Phi) is 6.07. The summed E-state index contributed by atoms with van der Waals surface area (Å²) in [4.78, 5) is 19.3. The molecule has 1 fully saturated rings. The molecule has 1 N–H and O–H groups in total. The van der Waals surface area contributed by atoms with Gasteiger partial charge >= 0.3 is 0 Å². The molecule has 3 heterocycles. The van der Waals surface area contributed by atoms with E-state index < -0.39 is 5.60 Å². The second-order valence-electron chi connectivity index (χ2n) is 9.41. The van der Waals surface area contributed by atoms with Crippen LogP contribution in [-0.2, 0) is 12.8 Å². The first-order chi connectivity index (χ1) is 14.4. The normalized spacial score (nSPS) is 22.4. The smallest absolute Gasteiger partial charge is 0.163 e. The van der Waals surface area contributed by atoms with Gasteiger partial charge < -0.3 is 10.0 Å². The van der Waals surface area contributed by atoms with Crippen molar-refractivity contribution in [1.82, 2.24) is 19.9 Å². The third kappa shape index (κ3) is 4.35. The molecule has 2 aromatic heterocycles. The van der Waals surface area contributed by atoms with Crippen LogP contribution in [0.3, 0.4) is 0 Å². The van der Waals surface area contributed by atoms with Gasteiger partial charge in [-0.3, -0.25) is 9.88 Å². The highest BCUT2D eigenvalue weighted by Crippen LogP contribution is 2.35. The lowest BCUT2D eigenvalue weighted by atomic mass is 9.98. The Morgan fingerprint density at radius 1 is 1.10 bits per heavy atom. The van der Waals surface area contributed by atoms with Crippen LogP contribution < -0.4 is 4.90 Å². The summed E-state index contributed by atoms with van der Waals surface area (Å²) in [6.45, 7) is 10.9. The summed E-state index contributed by atoms with van der Waals surface area (Å²) in [6.07, 6.45) is 9.01. The zero-order valence-electron chi connectivity index (χ0n) is 18.8. The van der Waals surface area contributed by atoms with Gasteiger partial charge in [0.2, 0.25) is 0 Å². The predicted molar refractivity (Wildman–Crippen MR) is 121 cm³/mol. The van der Waals surface area contributed by atoms with Gasteiger partial charge in [0.1, 0.15) is 5.82 Å². The fourth-order valence-electron chi connectivity index (χ4n) is 4.97. The van der Waals surface area contributed by atoms with Gasteiger partial charge in [-0.2, -0.15) is 0 Å². The van der Waals surface area contributed by atoms with E-state index in [1.165, 1.54) is 11.3 Å². The maximum Gasteiger partial charge on any atom is 0.163 e. The van der Waals surface area contributed by atoms with Crippen LogP contribution in [0.25, 0.3) is 11.4 Å². The van der Waals surface area contributed by atoms with Crippen molar-refractivity contribution in [3.63, 3.8) is 0 Å². The number of β-amino-alcohol motifs (C(OH)–C–C–N with tert-alkyl or cyclic N) is 1. The van der Waals surface area contributed by atoms with Crippen molar-refractivity contribution >= 4 is 5.82 Å². The fourth-order valence-corrected chi connectivity index (χ4v) is 4.97. The van der Waals surface area contributed by atoms with E-state index in [0.29, 0.717) is 18.6 Å². The zero-order chi connectivity index (χ0) is 21.3. The van der Waals surface area contributed by atoms with Crippen LogP contribution in [0.1, 0.15) is 58.2 Å². The van der Waals surface area contributed by atoms with Crippen molar-refractivity contribution in [2.75, 3.05) is 24.5 Å². The standard InChI is InChI=1S/C24H35N5O/c1-5-18-15-29(19(6-2)14-28(18)16-24(3,4)30)23-20-10-7-11-21(20)26-22(27-23)17-9-8-12-25-13-17/h8-9,12-13,18-19,30H,5-7,10-11,14-16H2,1-4H3/t18-,19+/m0/s1. The maximum absolute atomic E-state index is 10.4. The molecule has 1 aliphatic carbocycles. The molecule has 0 spiro atoms. The van der Waals surface area contributed by atoms with E-state index in [9.17, 15) is 5.11 Å². The van der Waals surface area contributed by atoms with Gasteiger partial charge in [-0.25, -0.2) is 9.97 Å². The van der Waals surface area contributed by atoms with Crippen molar-refractivity contribution in [2.45, 2.75) is 77.5 Å². The Labute approximate surface area is 180 Å². The van der Waals surface area contributed by atoms with Crippen LogP contribution in [0, 0.1) is 0 Å². The number of piperazine rings is 1. The van der Waals surface area contributed by atoms with Crippen molar-refractivity contribution in [1.29, 1.82) is 0 Å². The van der Waals surface area contributed by atoms with Crippen LogP contribution in [0.4, 0.5) is 5.82 Å². The van der Waals surface area contributed by atoms with Crippen LogP contribution in [0.2, 0.25) is 0 Å². The van der Waals surface area contributed by atoms with Gasteiger partial charge in [-0.15, -0.1) is 0 Å². The van der Waals surface area contributed by atoms with Crippen molar-refractivity contribution < 1.29 is 5.11 Å². The van der Waals surface area contributed by atoms with Crippen LogP contribution in [-0.4, -0.2) is 62.3 Å². The Hall–Kier alpha value is -2.05. The average Bonchev–Trinajstić information content (AvgIpc) is 3.21. The van der Waals surface area contributed by atoms with E-state index in [0.717, 1.165) is 62.4 Å². The molecule has 0 bridgehead atoms. The Morgan fingerprint density at radius 3 is 2.57 bits per heavy atom. The first kappa shape index (κ1) is 21.2. The second-order valence-corrected chi connectivity index (χ2v) is 9.41. The summed E-state index contributed by atoms with van der Waals surface area (Å²) in [6, 6.07) is 4.79. The molecule has 0 aromatic carbocycles. The molecule has 0 unspecified atom stereocenters. The molecular weight excluding hydrogens is 374 g/mol. The zero-order valence-corrected chi connectivity index (χ0v) is 18.8. The molecule has 6 heteroatoms. The van der Waals surface area contributed by atoms with E-state index in [2.05, 4.69) is 28.6 Å². The van der Waals surface area contributed by atoms with Gasteiger partial charge in [0.25, 0.3) is 0 Å². The molecule has 162 valence electrons. The molecule has 4 rings (SSSR count). The second kappa shape index (κ2) is 8.60. The summed E-state index contributed by atoms with van der Waals surface area (Å²) >= 11 is 0. The SMILES string of the molecule is CC[C@H]1CN(c2nc(-c3cccnc3)nc3c2CCC3)[C@H](CC)CN1CC(C)(C)O. The lowest BCUT2D eigenvalue weighted by Crippen LogP contribution is -2.60. The van der Waals surface area contributed by atoms with Gasteiger partial charge in [0, 0.05) is 60.9 Å². The van der Waals surface area contributed by atoms with Gasteiger partial charge in [-0.1, -0.05) is 13.8 Å². The van der Waals surface area contributed by atoms with Crippen molar-refractivity contribution in [3.05, 3.63) is 35.8 Å². The largest absolute Gasteiger partial charge is 0.389 e. The molecule has 2 atom stereocenters. The number of anilines is 1. The molecule has 0 saturated carbocycles. The Morgan fingerprint density at radius 2 is 1.90 bits per heavy atom. The average molecular weight is 410 g/mol. The maximum atomic E-state index is 10.4. The van der Waals surface area contributed by atoms with Crippen molar-refractivity contribution in [2.24, 2.45) is 0 Å². The quantitative estimate of drug-likeness (QED) is 0.788. The number of hydrogen-bond acceptors (Lipinski definition) is 6.